The van der Waals surface area contributed by atoms with Crippen LogP contribution in [0.5, 0.6) is 0 Å². The van der Waals surface area contributed by atoms with Crippen LogP contribution in [0.15, 0.2) is 23.1 Å². The maximum atomic E-state index is 12.2. The lowest BCUT2D eigenvalue weighted by Gasteiger charge is -2.17. The van der Waals surface area contributed by atoms with Crippen molar-refractivity contribution in [3.8, 4) is 0 Å². The van der Waals surface area contributed by atoms with Crippen molar-refractivity contribution in [2.45, 2.75) is 38.6 Å². The first-order valence-electron chi connectivity index (χ1n) is 7.46. The van der Waals surface area contributed by atoms with E-state index in [-0.39, 0.29) is 0 Å². The molecule has 0 aliphatic carbocycles. The van der Waals surface area contributed by atoms with E-state index in [1.54, 1.807) is 18.2 Å². The molecular weight excluding hydrogens is 286 g/mol. The summed E-state index contributed by atoms with van der Waals surface area (Å²) >= 11 is 0. The molecule has 5 nitrogen and oxygen atoms in total. The zero-order valence-electron chi connectivity index (χ0n) is 13.2. The van der Waals surface area contributed by atoms with Gasteiger partial charge in [0.1, 0.15) is 0 Å². The van der Waals surface area contributed by atoms with E-state index in [0.717, 1.165) is 37.2 Å². The lowest BCUT2D eigenvalue weighted by Crippen LogP contribution is -2.30. The van der Waals surface area contributed by atoms with Crippen molar-refractivity contribution in [3.05, 3.63) is 29.3 Å². The SMILES string of the molecule is CCN(CC)CCCNS(=O)(=O)c1ccc(CN)c(C)c1. The zero-order chi connectivity index (χ0) is 15.9. The van der Waals surface area contributed by atoms with Crippen molar-refractivity contribution in [3.63, 3.8) is 0 Å². The Bertz CT molecular complexity index is 540. The summed E-state index contributed by atoms with van der Waals surface area (Å²) in [6.45, 7) is 9.85. The van der Waals surface area contributed by atoms with E-state index >= 15 is 0 Å². The molecule has 3 N–H and O–H groups in total. The Morgan fingerprint density at radius 2 is 1.90 bits per heavy atom. The van der Waals surface area contributed by atoms with Crippen molar-refractivity contribution < 1.29 is 8.42 Å². The number of nitrogens with two attached hydrogens (primary N) is 1. The predicted molar refractivity (Wildman–Crippen MR) is 86.7 cm³/mol. The average molecular weight is 313 g/mol. The van der Waals surface area contributed by atoms with Gasteiger partial charge < -0.3 is 10.6 Å². The topological polar surface area (TPSA) is 75.4 Å². The zero-order valence-corrected chi connectivity index (χ0v) is 14.0. The van der Waals surface area contributed by atoms with Gasteiger partial charge in [0.2, 0.25) is 10.0 Å². The van der Waals surface area contributed by atoms with Crippen molar-refractivity contribution in [1.82, 2.24) is 9.62 Å². The number of rotatable bonds is 9. The van der Waals surface area contributed by atoms with Gasteiger partial charge >= 0.3 is 0 Å². The minimum atomic E-state index is -3.43. The molecule has 0 bridgehead atoms. The number of nitrogens with one attached hydrogen (secondary N) is 1. The van der Waals surface area contributed by atoms with Gasteiger partial charge in [0, 0.05) is 13.1 Å². The monoisotopic (exact) mass is 313 g/mol. The van der Waals surface area contributed by atoms with E-state index in [1.807, 2.05) is 6.92 Å². The van der Waals surface area contributed by atoms with Gasteiger partial charge in [0.15, 0.2) is 0 Å². The fourth-order valence-electron chi connectivity index (χ4n) is 2.20. The van der Waals surface area contributed by atoms with Crippen LogP contribution >= 0.6 is 0 Å². The molecule has 1 aromatic carbocycles. The Hall–Kier alpha value is -0.950. The van der Waals surface area contributed by atoms with E-state index < -0.39 is 10.0 Å². The number of aryl methyl sites for hydroxylation is 1. The smallest absolute Gasteiger partial charge is 0.240 e. The van der Waals surface area contributed by atoms with Crippen LogP contribution in [-0.2, 0) is 16.6 Å². The minimum absolute atomic E-state index is 0.306. The van der Waals surface area contributed by atoms with Crippen LogP contribution in [0.4, 0.5) is 0 Å². The van der Waals surface area contributed by atoms with Crippen LogP contribution in [0, 0.1) is 6.92 Å². The first-order chi connectivity index (χ1) is 9.94. The first-order valence-corrected chi connectivity index (χ1v) is 8.94. The second-order valence-corrected chi connectivity index (χ2v) is 6.84. The molecular formula is C15H27N3O2S. The number of nitrogens with zero attached hydrogens (tertiary/aromatic N) is 1. The van der Waals surface area contributed by atoms with Crippen LogP contribution in [0.3, 0.4) is 0 Å². The Balaban J connectivity index is 2.59. The van der Waals surface area contributed by atoms with Crippen molar-refractivity contribution in [2.24, 2.45) is 5.73 Å². The Morgan fingerprint density at radius 1 is 1.24 bits per heavy atom. The molecule has 0 aromatic heterocycles. The molecule has 0 amide bonds. The summed E-state index contributed by atoms with van der Waals surface area (Å²) < 4.78 is 27.1. The number of benzene rings is 1. The lowest BCUT2D eigenvalue weighted by molar-refractivity contribution is 0.300. The molecule has 0 radical (unpaired) electrons. The molecule has 0 heterocycles. The summed E-state index contributed by atoms with van der Waals surface area (Å²) in [6.07, 6.45) is 0.806. The number of hydrogen-bond donors (Lipinski definition) is 2. The molecule has 21 heavy (non-hydrogen) atoms. The molecule has 0 atom stereocenters. The standard InChI is InChI=1S/C15H27N3O2S/c1-4-18(5-2)10-6-9-17-21(19,20)15-8-7-14(12-16)13(3)11-15/h7-8,11,17H,4-6,9-10,12,16H2,1-3H3. The van der Waals surface area contributed by atoms with Gasteiger partial charge in [-0.25, -0.2) is 13.1 Å². The van der Waals surface area contributed by atoms with Gasteiger partial charge in [0.05, 0.1) is 4.90 Å². The van der Waals surface area contributed by atoms with Gasteiger partial charge in [0.25, 0.3) is 0 Å². The van der Waals surface area contributed by atoms with Crippen molar-refractivity contribution >= 4 is 10.0 Å². The highest BCUT2D eigenvalue weighted by Crippen LogP contribution is 2.15. The fourth-order valence-corrected chi connectivity index (χ4v) is 3.36. The van der Waals surface area contributed by atoms with Gasteiger partial charge in [-0.3, -0.25) is 0 Å². The van der Waals surface area contributed by atoms with Gasteiger partial charge in [-0.15, -0.1) is 0 Å². The minimum Gasteiger partial charge on any atom is -0.326 e. The summed E-state index contributed by atoms with van der Waals surface area (Å²) in [5.74, 6) is 0. The summed E-state index contributed by atoms with van der Waals surface area (Å²) in [7, 11) is -3.43. The second-order valence-electron chi connectivity index (χ2n) is 5.07. The quantitative estimate of drug-likeness (QED) is 0.677. The molecule has 0 aliphatic heterocycles. The van der Waals surface area contributed by atoms with Crippen LogP contribution in [0.25, 0.3) is 0 Å². The molecule has 0 saturated heterocycles. The van der Waals surface area contributed by atoms with Gasteiger partial charge in [-0.05, 0) is 56.2 Å². The highest BCUT2D eigenvalue weighted by atomic mass is 32.2. The molecule has 1 rings (SSSR count). The molecule has 0 aliphatic rings. The van der Waals surface area contributed by atoms with Crippen molar-refractivity contribution in [1.29, 1.82) is 0 Å². The highest BCUT2D eigenvalue weighted by molar-refractivity contribution is 7.89. The van der Waals surface area contributed by atoms with Crippen LogP contribution in [0.1, 0.15) is 31.4 Å². The van der Waals surface area contributed by atoms with Crippen molar-refractivity contribution in [2.75, 3.05) is 26.2 Å². The lowest BCUT2D eigenvalue weighted by atomic mass is 10.1. The highest BCUT2D eigenvalue weighted by Gasteiger charge is 2.14. The number of sulfonamides is 1. The molecule has 0 spiro atoms. The van der Waals surface area contributed by atoms with E-state index in [4.69, 9.17) is 5.73 Å². The fraction of sp³-hybridized carbons (Fsp3) is 0.600. The first kappa shape index (κ1) is 18.1. The Labute approximate surface area is 128 Å². The van der Waals surface area contributed by atoms with E-state index in [0.29, 0.717) is 18.0 Å². The summed E-state index contributed by atoms with van der Waals surface area (Å²) in [5, 5.41) is 0. The third kappa shape index (κ3) is 5.39. The van der Waals surface area contributed by atoms with Crippen LogP contribution in [0.2, 0.25) is 0 Å². The summed E-state index contributed by atoms with van der Waals surface area (Å²) in [6, 6.07) is 5.07. The normalized spacial score (nSPS) is 12.0. The van der Waals surface area contributed by atoms with E-state index in [9.17, 15) is 8.42 Å². The molecule has 0 fully saturated rings. The molecule has 1 aromatic rings. The maximum Gasteiger partial charge on any atom is 0.240 e. The largest absolute Gasteiger partial charge is 0.326 e. The number of hydrogen-bond acceptors (Lipinski definition) is 4. The van der Waals surface area contributed by atoms with E-state index in [1.165, 1.54) is 0 Å². The molecule has 120 valence electrons. The third-order valence-electron chi connectivity index (χ3n) is 3.68. The maximum absolute atomic E-state index is 12.2. The predicted octanol–water partition coefficient (Wildman–Crippen LogP) is 1.46. The molecule has 6 heteroatoms. The third-order valence-corrected chi connectivity index (χ3v) is 5.14. The Kier molecular flexibility index (Phi) is 7.31. The Morgan fingerprint density at radius 3 is 2.43 bits per heavy atom. The second kappa shape index (κ2) is 8.48. The van der Waals surface area contributed by atoms with E-state index in [2.05, 4.69) is 23.5 Å². The summed E-state index contributed by atoms with van der Waals surface area (Å²) in [5.41, 5.74) is 7.47. The van der Waals surface area contributed by atoms with Gasteiger partial charge in [-0.2, -0.15) is 0 Å². The molecule has 0 saturated carbocycles. The molecule has 0 unspecified atom stereocenters. The van der Waals surface area contributed by atoms with Crippen LogP contribution < -0.4 is 10.5 Å². The van der Waals surface area contributed by atoms with Gasteiger partial charge in [-0.1, -0.05) is 19.9 Å². The van der Waals surface area contributed by atoms with Crippen LogP contribution in [-0.4, -0.2) is 39.5 Å². The average Bonchev–Trinajstić information content (AvgIpc) is 2.47. The summed E-state index contributed by atoms with van der Waals surface area (Å²) in [4.78, 5) is 2.58.